The smallest absolute Gasteiger partial charge is 0.305 e. The van der Waals surface area contributed by atoms with Crippen molar-refractivity contribution in [3.05, 3.63) is 59.7 Å². The molecule has 0 saturated heterocycles. The molecule has 1 heterocycles. The van der Waals surface area contributed by atoms with Crippen LogP contribution in [0.2, 0.25) is 0 Å². The number of nitrogens with zero attached hydrogens (tertiary/aromatic N) is 3. The Morgan fingerprint density at radius 1 is 0.966 bits per heavy atom. The molecule has 150 valence electrons. The highest BCUT2D eigenvalue weighted by Crippen LogP contribution is 2.24. The Kier molecular flexibility index (Phi) is 6.39. The summed E-state index contributed by atoms with van der Waals surface area (Å²) < 4.78 is 10.4. The maximum atomic E-state index is 12.5. The van der Waals surface area contributed by atoms with Gasteiger partial charge in [0.15, 0.2) is 0 Å². The second-order valence-electron chi connectivity index (χ2n) is 6.76. The Bertz CT molecular complexity index is 978. The molecule has 0 saturated carbocycles. The number of carbonyl (C=O) groups is 2. The maximum Gasteiger partial charge on any atom is 0.305 e. The number of esters is 1. The van der Waals surface area contributed by atoms with Crippen molar-refractivity contribution < 1.29 is 18.7 Å². The van der Waals surface area contributed by atoms with Crippen molar-refractivity contribution in [3.8, 4) is 22.9 Å². The Hall–Kier alpha value is -3.48. The van der Waals surface area contributed by atoms with Crippen LogP contribution < -0.4 is 0 Å². The lowest BCUT2D eigenvalue weighted by molar-refractivity contribution is -0.140. The van der Waals surface area contributed by atoms with Crippen LogP contribution in [0.1, 0.15) is 28.8 Å². The summed E-state index contributed by atoms with van der Waals surface area (Å²) in [5.41, 5.74) is 3.30. The second-order valence-corrected chi connectivity index (χ2v) is 6.76. The Morgan fingerprint density at radius 2 is 1.52 bits per heavy atom. The summed E-state index contributed by atoms with van der Waals surface area (Å²) in [6.45, 7) is 2.49. The van der Waals surface area contributed by atoms with Crippen LogP contribution in [0, 0.1) is 6.92 Å². The third kappa shape index (κ3) is 5.07. The van der Waals surface area contributed by atoms with Crippen LogP contribution in [0.5, 0.6) is 0 Å². The minimum Gasteiger partial charge on any atom is -0.469 e. The van der Waals surface area contributed by atoms with Gasteiger partial charge in [0.05, 0.1) is 7.11 Å². The van der Waals surface area contributed by atoms with Gasteiger partial charge in [-0.1, -0.05) is 17.7 Å². The molecule has 0 unspecified atom stereocenters. The quantitative estimate of drug-likeness (QED) is 0.569. The van der Waals surface area contributed by atoms with Crippen LogP contribution in [0.4, 0.5) is 0 Å². The van der Waals surface area contributed by atoms with Crippen molar-refractivity contribution in [3.63, 3.8) is 0 Å². The first-order valence-corrected chi connectivity index (χ1v) is 9.31. The van der Waals surface area contributed by atoms with Crippen molar-refractivity contribution in [1.82, 2.24) is 15.1 Å². The Labute approximate surface area is 169 Å². The molecule has 3 rings (SSSR count). The van der Waals surface area contributed by atoms with E-state index in [2.05, 4.69) is 14.9 Å². The van der Waals surface area contributed by atoms with Gasteiger partial charge in [0.25, 0.3) is 5.91 Å². The van der Waals surface area contributed by atoms with Gasteiger partial charge in [-0.15, -0.1) is 10.2 Å². The number of aromatic nitrogens is 2. The molecule has 29 heavy (non-hydrogen) atoms. The highest BCUT2D eigenvalue weighted by Gasteiger charge is 2.14. The van der Waals surface area contributed by atoms with E-state index in [1.54, 1.807) is 36.2 Å². The largest absolute Gasteiger partial charge is 0.469 e. The number of methoxy groups -OCH3 is 1. The van der Waals surface area contributed by atoms with E-state index in [4.69, 9.17) is 4.42 Å². The van der Waals surface area contributed by atoms with Gasteiger partial charge in [-0.05, 0) is 49.7 Å². The summed E-state index contributed by atoms with van der Waals surface area (Å²) in [5, 5.41) is 8.21. The number of benzene rings is 2. The van der Waals surface area contributed by atoms with E-state index >= 15 is 0 Å². The predicted molar refractivity (Wildman–Crippen MR) is 108 cm³/mol. The van der Waals surface area contributed by atoms with Crippen LogP contribution in [0.3, 0.4) is 0 Å². The fourth-order valence-electron chi connectivity index (χ4n) is 2.79. The molecule has 0 bridgehead atoms. The van der Waals surface area contributed by atoms with Crippen LogP contribution >= 0.6 is 0 Å². The van der Waals surface area contributed by atoms with Gasteiger partial charge in [-0.3, -0.25) is 9.59 Å². The van der Waals surface area contributed by atoms with E-state index in [1.807, 2.05) is 31.2 Å². The summed E-state index contributed by atoms with van der Waals surface area (Å²) in [4.78, 5) is 25.3. The highest BCUT2D eigenvalue weighted by molar-refractivity contribution is 5.94. The summed E-state index contributed by atoms with van der Waals surface area (Å²) >= 11 is 0. The number of rotatable bonds is 7. The van der Waals surface area contributed by atoms with Crippen LogP contribution in [0.25, 0.3) is 22.9 Å². The summed E-state index contributed by atoms with van der Waals surface area (Å²) in [7, 11) is 3.06. The van der Waals surface area contributed by atoms with Crippen molar-refractivity contribution in [1.29, 1.82) is 0 Å². The summed E-state index contributed by atoms with van der Waals surface area (Å²) in [5.74, 6) is 0.448. The second kappa shape index (κ2) is 9.14. The molecule has 7 nitrogen and oxygen atoms in total. The molecular formula is C22H23N3O4. The summed E-state index contributed by atoms with van der Waals surface area (Å²) in [6.07, 6.45) is 0.838. The van der Waals surface area contributed by atoms with Crippen LogP contribution in [-0.2, 0) is 9.53 Å². The summed E-state index contributed by atoms with van der Waals surface area (Å²) in [6, 6.07) is 14.9. The monoisotopic (exact) mass is 393 g/mol. The highest BCUT2D eigenvalue weighted by atomic mass is 16.5. The number of amides is 1. The molecule has 1 amide bonds. The first kappa shape index (κ1) is 20.3. The number of aryl methyl sites for hydroxylation is 1. The minimum absolute atomic E-state index is 0.118. The molecule has 0 aliphatic carbocycles. The molecular weight excluding hydrogens is 370 g/mol. The molecule has 0 fully saturated rings. The number of hydrogen-bond donors (Lipinski definition) is 0. The molecule has 0 aliphatic rings. The molecule has 0 radical (unpaired) electrons. The number of hydrogen-bond acceptors (Lipinski definition) is 6. The predicted octanol–water partition coefficient (Wildman–Crippen LogP) is 3.74. The molecule has 2 aromatic carbocycles. The van der Waals surface area contributed by atoms with Gasteiger partial charge in [0.2, 0.25) is 11.8 Å². The van der Waals surface area contributed by atoms with Crippen molar-refractivity contribution in [2.24, 2.45) is 0 Å². The topological polar surface area (TPSA) is 85.5 Å². The van der Waals surface area contributed by atoms with Gasteiger partial charge < -0.3 is 14.1 Å². The average Bonchev–Trinajstić information content (AvgIpc) is 3.23. The number of carbonyl (C=O) groups excluding carboxylic acids is 2. The molecule has 0 atom stereocenters. The van der Waals surface area contributed by atoms with Gasteiger partial charge in [0.1, 0.15) is 0 Å². The third-order valence-corrected chi connectivity index (χ3v) is 4.55. The molecule has 0 N–H and O–H groups in total. The SMILES string of the molecule is COC(=O)CCCN(C)C(=O)c1ccc(-c2nnc(-c3ccc(C)cc3)o2)cc1. The normalized spacial score (nSPS) is 10.6. The van der Waals surface area contributed by atoms with Gasteiger partial charge in [-0.2, -0.15) is 0 Å². The lowest BCUT2D eigenvalue weighted by atomic mass is 10.1. The first-order valence-electron chi connectivity index (χ1n) is 9.31. The molecule has 0 spiro atoms. The van der Waals surface area contributed by atoms with E-state index in [1.165, 1.54) is 7.11 Å². The van der Waals surface area contributed by atoms with E-state index in [0.717, 1.165) is 16.7 Å². The first-order chi connectivity index (χ1) is 14.0. The molecule has 1 aromatic heterocycles. The van der Waals surface area contributed by atoms with E-state index < -0.39 is 0 Å². The zero-order valence-electron chi connectivity index (χ0n) is 16.7. The van der Waals surface area contributed by atoms with Crippen molar-refractivity contribution in [2.45, 2.75) is 19.8 Å². The Balaban J connectivity index is 1.65. The van der Waals surface area contributed by atoms with Crippen molar-refractivity contribution in [2.75, 3.05) is 20.7 Å². The fraction of sp³-hybridized carbons (Fsp3) is 0.273. The van der Waals surface area contributed by atoms with E-state index in [-0.39, 0.29) is 18.3 Å². The van der Waals surface area contributed by atoms with E-state index in [9.17, 15) is 9.59 Å². The van der Waals surface area contributed by atoms with Crippen molar-refractivity contribution >= 4 is 11.9 Å². The van der Waals surface area contributed by atoms with E-state index in [0.29, 0.717) is 30.3 Å². The molecule has 0 aliphatic heterocycles. The molecule has 7 heteroatoms. The van der Waals surface area contributed by atoms with Crippen LogP contribution in [0.15, 0.2) is 52.9 Å². The third-order valence-electron chi connectivity index (χ3n) is 4.55. The minimum atomic E-state index is -0.278. The lowest BCUT2D eigenvalue weighted by Crippen LogP contribution is -2.28. The maximum absolute atomic E-state index is 12.5. The molecule has 3 aromatic rings. The standard InChI is InChI=1S/C22H23N3O4/c1-15-6-8-16(9-7-15)20-23-24-21(29-20)17-10-12-18(13-11-17)22(27)25(2)14-4-5-19(26)28-3/h6-13H,4-5,14H2,1-3H3. The fourth-order valence-corrected chi connectivity index (χ4v) is 2.79. The lowest BCUT2D eigenvalue weighted by Gasteiger charge is -2.16. The number of ether oxygens (including phenoxy) is 1. The van der Waals surface area contributed by atoms with Gasteiger partial charge in [0, 0.05) is 36.7 Å². The zero-order valence-corrected chi connectivity index (χ0v) is 16.7. The Morgan fingerprint density at radius 3 is 2.07 bits per heavy atom. The van der Waals surface area contributed by atoms with Gasteiger partial charge in [-0.25, -0.2) is 0 Å². The van der Waals surface area contributed by atoms with Crippen LogP contribution in [-0.4, -0.2) is 47.7 Å². The van der Waals surface area contributed by atoms with Gasteiger partial charge >= 0.3 is 5.97 Å². The average molecular weight is 393 g/mol. The zero-order chi connectivity index (χ0) is 20.8.